The second-order valence-corrected chi connectivity index (χ2v) is 10.7. The maximum absolute atomic E-state index is 13.2. The number of H-pyrrole nitrogens is 1. The summed E-state index contributed by atoms with van der Waals surface area (Å²) in [4.78, 5) is 25.5. The molecule has 1 atom stereocenters. The summed E-state index contributed by atoms with van der Waals surface area (Å²) in [5.41, 5.74) is 2.47. The Labute approximate surface area is 197 Å². The molecule has 0 amide bonds. The average molecular weight is 451 g/mol. The van der Waals surface area contributed by atoms with E-state index in [2.05, 4.69) is 78.9 Å². The van der Waals surface area contributed by atoms with Crippen molar-refractivity contribution in [3.8, 4) is 0 Å². The molecule has 3 aromatic rings. The van der Waals surface area contributed by atoms with E-state index in [-0.39, 0.29) is 17.2 Å². The number of likely N-dealkylation sites (N-methyl/N-ethyl adjacent to an activating group) is 1. The average Bonchev–Trinajstić information content (AvgIpc) is 3.42. The number of piperazine rings is 1. The zero-order chi connectivity index (χ0) is 23.6. The first-order chi connectivity index (χ1) is 15.7. The number of fused-ring (bicyclic) bond motifs is 1. The molecule has 178 valence electrons. The number of hydrogen-bond donors (Lipinski definition) is 1. The fourth-order valence-electron chi connectivity index (χ4n) is 4.76. The molecule has 6 nitrogen and oxygen atoms in total. The third-order valence-electron chi connectivity index (χ3n) is 7.17. The van der Waals surface area contributed by atoms with Crippen LogP contribution in [0.4, 0.5) is 6.01 Å². The van der Waals surface area contributed by atoms with Crippen LogP contribution in [0, 0.1) is 11.8 Å². The summed E-state index contributed by atoms with van der Waals surface area (Å²) in [5, 5.41) is 1.25. The largest absolute Gasteiger partial charge is 0.420 e. The van der Waals surface area contributed by atoms with Gasteiger partial charge in [-0.15, -0.1) is 0 Å². The molecule has 1 N–H and O–H groups in total. The molecule has 1 aliphatic heterocycles. The molecule has 1 aromatic carbocycles. The van der Waals surface area contributed by atoms with E-state index in [9.17, 15) is 4.79 Å². The number of para-hydroxylation sites is 1. The number of benzene rings is 1. The Morgan fingerprint density at radius 2 is 2.00 bits per heavy atom. The van der Waals surface area contributed by atoms with Gasteiger partial charge in [0.05, 0.1) is 6.20 Å². The van der Waals surface area contributed by atoms with Crippen LogP contribution in [0.15, 0.2) is 41.1 Å². The first kappa shape index (κ1) is 23.6. The van der Waals surface area contributed by atoms with Crippen molar-refractivity contribution in [1.29, 1.82) is 0 Å². The van der Waals surface area contributed by atoms with Gasteiger partial charge in [-0.3, -0.25) is 9.69 Å². The molecule has 4 rings (SSSR count). The van der Waals surface area contributed by atoms with Gasteiger partial charge in [0.25, 0.3) is 6.01 Å². The van der Waals surface area contributed by atoms with E-state index in [0.29, 0.717) is 24.1 Å². The van der Waals surface area contributed by atoms with Crippen molar-refractivity contribution in [2.24, 2.45) is 11.8 Å². The van der Waals surface area contributed by atoms with E-state index in [1.54, 1.807) is 6.20 Å². The molecule has 0 bridgehead atoms. The lowest BCUT2D eigenvalue weighted by Gasteiger charge is -2.44. The number of nitrogens with zero attached hydrogens (tertiary/aromatic N) is 3. The zero-order valence-corrected chi connectivity index (χ0v) is 20.7. The predicted molar refractivity (Wildman–Crippen MR) is 134 cm³/mol. The van der Waals surface area contributed by atoms with Crippen molar-refractivity contribution in [3.05, 3.63) is 48.0 Å². The molecule has 1 saturated heterocycles. The summed E-state index contributed by atoms with van der Waals surface area (Å²) in [6.45, 7) is 11.5. The minimum atomic E-state index is 0.0398. The van der Waals surface area contributed by atoms with E-state index in [1.165, 1.54) is 10.9 Å². The highest BCUT2D eigenvalue weighted by Crippen LogP contribution is 2.28. The predicted octanol–water partition coefficient (Wildman–Crippen LogP) is 5.55. The summed E-state index contributed by atoms with van der Waals surface area (Å²) < 4.78 is 5.99. The molecule has 0 spiro atoms. The van der Waals surface area contributed by atoms with Gasteiger partial charge in [0.1, 0.15) is 0 Å². The van der Waals surface area contributed by atoms with Crippen LogP contribution in [0.2, 0.25) is 0 Å². The number of oxazole rings is 1. The molecular formula is C27H38N4O2. The Morgan fingerprint density at radius 1 is 1.21 bits per heavy atom. The molecule has 1 aliphatic rings. The van der Waals surface area contributed by atoms with Gasteiger partial charge in [0, 0.05) is 48.7 Å². The highest BCUT2D eigenvalue weighted by atomic mass is 16.4. The monoisotopic (exact) mass is 450 g/mol. The van der Waals surface area contributed by atoms with E-state index in [0.717, 1.165) is 44.4 Å². The third kappa shape index (κ3) is 5.49. The number of Topliss-reactive ketones (excluding diaryl/α,β-unsaturated/α-hetero) is 1. The first-order valence-electron chi connectivity index (χ1n) is 12.2. The molecule has 1 fully saturated rings. The lowest BCUT2D eigenvalue weighted by atomic mass is 9.87. The normalized spacial score (nSPS) is 17.7. The minimum absolute atomic E-state index is 0.0398. The van der Waals surface area contributed by atoms with Gasteiger partial charge in [-0.1, -0.05) is 38.5 Å². The van der Waals surface area contributed by atoms with Crippen molar-refractivity contribution in [2.75, 3.05) is 31.6 Å². The molecule has 6 heteroatoms. The van der Waals surface area contributed by atoms with Crippen molar-refractivity contribution >= 4 is 22.7 Å². The lowest BCUT2D eigenvalue weighted by molar-refractivity contribution is 0.0929. The van der Waals surface area contributed by atoms with E-state index in [4.69, 9.17) is 4.42 Å². The van der Waals surface area contributed by atoms with Crippen LogP contribution in [-0.4, -0.2) is 52.9 Å². The lowest BCUT2D eigenvalue weighted by Crippen LogP contribution is -2.57. The quantitative estimate of drug-likeness (QED) is 0.433. The van der Waals surface area contributed by atoms with E-state index in [1.807, 2.05) is 6.07 Å². The zero-order valence-electron chi connectivity index (χ0n) is 20.7. The van der Waals surface area contributed by atoms with Gasteiger partial charge in [0.15, 0.2) is 11.5 Å². The van der Waals surface area contributed by atoms with Crippen LogP contribution in [0.25, 0.3) is 10.9 Å². The number of aromatic amines is 1. The van der Waals surface area contributed by atoms with Crippen molar-refractivity contribution in [1.82, 2.24) is 14.9 Å². The topological polar surface area (TPSA) is 65.4 Å². The van der Waals surface area contributed by atoms with Gasteiger partial charge in [0.2, 0.25) is 0 Å². The van der Waals surface area contributed by atoms with E-state index < -0.39 is 0 Å². The highest BCUT2D eigenvalue weighted by Gasteiger charge is 2.33. The van der Waals surface area contributed by atoms with Crippen molar-refractivity contribution in [3.63, 3.8) is 0 Å². The summed E-state index contributed by atoms with van der Waals surface area (Å²) in [6.07, 6.45) is 7.22. The van der Waals surface area contributed by atoms with Crippen LogP contribution in [0.3, 0.4) is 0 Å². The van der Waals surface area contributed by atoms with Crippen LogP contribution >= 0.6 is 0 Å². The number of rotatable bonds is 9. The van der Waals surface area contributed by atoms with Crippen LogP contribution in [0.5, 0.6) is 0 Å². The van der Waals surface area contributed by atoms with Crippen LogP contribution in [0.1, 0.15) is 63.1 Å². The first-order valence-corrected chi connectivity index (χ1v) is 12.2. The molecule has 0 aliphatic carbocycles. The fourth-order valence-corrected chi connectivity index (χ4v) is 4.76. The summed E-state index contributed by atoms with van der Waals surface area (Å²) in [5.74, 6) is 1.32. The number of carbonyl (C=O) groups is 1. The molecule has 0 saturated carbocycles. The smallest absolute Gasteiger partial charge is 0.297 e. The summed E-state index contributed by atoms with van der Waals surface area (Å²) in [6, 6.07) is 8.94. The number of carbonyl (C=O) groups excluding carboxylic acids is 1. The number of ketones is 1. The molecule has 2 aromatic heterocycles. The fraction of sp³-hybridized carbons (Fsp3) is 0.556. The van der Waals surface area contributed by atoms with Gasteiger partial charge in [-0.25, -0.2) is 4.98 Å². The minimum Gasteiger partial charge on any atom is -0.420 e. The molecule has 33 heavy (non-hydrogen) atoms. The number of nitrogens with one attached hydrogen (secondary N) is 1. The Bertz CT molecular complexity index is 1080. The van der Waals surface area contributed by atoms with Gasteiger partial charge >= 0.3 is 0 Å². The van der Waals surface area contributed by atoms with Gasteiger partial charge < -0.3 is 14.3 Å². The van der Waals surface area contributed by atoms with Gasteiger partial charge in [-0.2, -0.15) is 0 Å². The molecular weight excluding hydrogens is 412 g/mol. The maximum atomic E-state index is 13.2. The van der Waals surface area contributed by atoms with Crippen LogP contribution in [-0.2, 0) is 6.42 Å². The van der Waals surface area contributed by atoms with Crippen molar-refractivity contribution < 1.29 is 9.21 Å². The summed E-state index contributed by atoms with van der Waals surface area (Å²) >= 11 is 0. The maximum Gasteiger partial charge on any atom is 0.297 e. The molecule has 1 unspecified atom stereocenters. The SMILES string of the molecule is CC(C)CCC(CC(=O)c1cnc(N2CCN(C)C(C)(C)C2)o1)Cc1c[nH]c2ccccc12. The highest BCUT2D eigenvalue weighted by molar-refractivity contribution is 5.93. The second kappa shape index (κ2) is 9.72. The second-order valence-electron chi connectivity index (χ2n) is 10.7. The number of aromatic nitrogens is 2. The Morgan fingerprint density at radius 3 is 2.76 bits per heavy atom. The molecule has 3 heterocycles. The van der Waals surface area contributed by atoms with E-state index >= 15 is 0 Å². The standard InChI is InChI=1S/C27H38N4O2/c1-19(2)10-11-20(14-21-16-28-23-9-7-6-8-22(21)23)15-24(32)25-17-29-26(33-25)31-13-12-30(5)27(3,4)18-31/h6-9,16-17,19-20,28H,10-15,18H2,1-5H3. The molecule has 0 radical (unpaired) electrons. The number of hydrogen-bond acceptors (Lipinski definition) is 5. The Hall–Kier alpha value is -2.60. The Kier molecular flexibility index (Phi) is 6.94. The van der Waals surface area contributed by atoms with Crippen LogP contribution < -0.4 is 4.90 Å². The third-order valence-corrected chi connectivity index (χ3v) is 7.17. The Balaban J connectivity index is 1.46. The van der Waals surface area contributed by atoms with Crippen molar-refractivity contribution in [2.45, 2.75) is 58.9 Å². The summed E-state index contributed by atoms with van der Waals surface area (Å²) in [7, 11) is 2.15. The van der Waals surface area contributed by atoms with Gasteiger partial charge in [-0.05, 0) is 57.2 Å². The number of anilines is 1.